The second kappa shape index (κ2) is 4.97. The highest BCUT2D eigenvalue weighted by Crippen LogP contribution is 2.29. The van der Waals surface area contributed by atoms with E-state index in [4.69, 9.17) is 4.74 Å². The van der Waals surface area contributed by atoms with E-state index in [0.717, 1.165) is 4.47 Å². The first kappa shape index (κ1) is 10.9. The number of halogens is 2. The molecule has 0 aromatic heterocycles. The number of hydrogen-bond acceptors (Lipinski definition) is 1. The summed E-state index contributed by atoms with van der Waals surface area (Å²) in [7, 11) is 0. The maximum atomic E-state index is 12.9. The smallest absolute Gasteiger partial charge is 0.136 e. The van der Waals surface area contributed by atoms with E-state index < -0.39 is 0 Å². The first-order chi connectivity index (χ1) is 7.25. The fourth-order valence-electron chi connectivity index (χ4n) is 1.97. The van der Waals surface area contributed by atoms with Gasteiger partial charge in [-0.25, -0.2) is 4.39 Å². The van der Waals surface area contributed by atoms with Crippen LogP contribution in [-0.4, -0.2) is 6.61 Å². The predicted molar refractivity (Wildman–Crippen MR) is 61.6 cm³/mol. The van der Waals surface area contributed by atoms with Crippen molar-refractivity contribution < 1.29 is 9.13 Å². The van der Waals surface area contributed by atoms with Gasteiger partial charge in [-0.2, -0.15) is 0 Å². The molecule has 1 fully saturated rings. The third-order valence-corrected chi connectivity index (χ3v) is 3.50. The molecule has 0 radical (unpaired) electrons. The minimum absolute atomic E-state index is 0.250. The Morgan fingerprint density at radius 3 is 2.80 bits per heavy atom. The van der Waals surface area contributed by atoms with Gasteiger partial charge in [0, 0.05) is 6.07 Å². The standard InChI is InChI=1S/C12H14BrFO/c13-11-6-5-10(14)7-12(11)15-8-9-3-1-2-4-9/h5-7,9H,1-4,8H2. The van der Waals surface area contributed by atoms with Gasteiger partial charge in [0.1, 0.15) is 11.6 Å². The summed E-state index contributed by atoms with van der Waals surface area (Å²) in [6.07, 6.45) is 5.09. The molecular formula is C12H14BrFO. The summed E-state index contributed by atoms with van der Waals surface area (Å²) in [6, 6.07) is 4.53. The molecule has 0 N–H and O–H groups in total. The molecule has 0 aliphatic heterocycles. The van der Waals surface area contributed by atoms with Crippen molar-refractivity contribution in [2.75, 3.05) is 6.61 Å². The van der Waals surface area contributed by atoms with Gasteiger partial charge < -0.3 is 4.74 Å². The molecule has 15 heavy (non-hydrogen) atoms. The molecule has 1 aliphatic carbocycles. The van der Waals surface area contributed by atoms with Crippen LogP contribution in [0.2, 0.25) is 0 Å². The van der Waals surface area contributed by atoms with Crippen molar-refractivity contribution in [3.8, 4) is 5.75 Å². The summed E-state index contributed by atoms with van der Waals surface area (Å²) in [4.78, 5) is 0. The maximum absolute atomic E-state index is 12.9. The second-order valence-corrected chi connectivity index (χ2v) is 4.89. The fourth-order valence-corrected chi connectivity index (χ4v) is 2.33. The molecule has 2 rings (SSSR count). The molecule has 0 bridgehead atoms. The van der Waals surface area contributed by atoms with Crippen LogP contribution >= 0.6 is 15.9 Å². The minimum atomic E-state index is -0.250. The van der Waals surface area contributed by atoms with Gasteiger partial charge in [0.05, 0.1) is 11.1 Å². The van der Waals surface area contributed by atoms with Crippen LogP contribution in [-0.2, 0) is 0 Å². The van der Waals surface area contributed by atoms with Crippen molar-refractivity contribution in [2.24, 2.45) is 5.92 Å². The van der Waals surface area contributed by atoms with Crippen LogP contribution in [0.25, 0.3) is 0 Å². The minimum Gasteiger partial charge on any atom is -0.492 e. The normalized spacial score (nSPS) is 16.9. The Labute approximate surface area is 97.8 Å². The van der Waals surface area contributed by atoms with Crippen molar-refractivity contribution in [3.05, 3.63) is 28.5 Å². The van der Waals surface area contributed by atoms with Crippen molar-refractivity contribution in [1.82, 2.24) is 0 Å². The van der Waals surface area contributed by atoms with Crippen LogP contribution < -0.4 is 4.74 Å². The summed E-state index contributed by atoms with van der Waals surface area (Å²) >= 11 is 3.35. The van der Waals surface area contributed by atoms with Crippen molar-refractivity contribution in [2.45, 2.75) is 25.7 Å². The Morgan fingerprint density at radius 2 is 2.07 bits per heavy atom. The quantitative estimate of drug-likeness (QED) is 0.803. The van der Waals surface area contributed by atoms with Gasteiger partial charge in [0.25, 0.3) is 0 Å². The van der Waals surface area contributed by atoms with E-state index in [0.29, 0.717) is 18.3 Å². The van der Waals surface area contributed by atoms with Gasteiger partial charge in [-0.15, -0.1) is 0 Å². The zero-order valence-electron chi connectivity index (χ0n) is 8.51. The topological polar surface area (TPSA) is 9.23 Å². The Kier molecular flexibility index (Phi) is 3.62. The lowest BCUT2D eigenvalue weighted by Gasteiger charge is -2.12. The van der Waals surface area contributed by atoms with Gasteiger partial charge >= 0.3 is 0 Å². The number of rotatable bonds is 3. The van der Waals surface area contributed by atoms with Crippen LogP contribution in [0, 0.1) is 11.7 Å². The highest BCUT2D eigenvalue weighted by Gasteiger charge is 2.16. The van der Waals surface area contributed by atoms with Gasteiger partial charge in [-0.1, -0.05) is 12.8 Å². The Hall–Kier alpha value is -0.570. The lowest BCUT2D eigenvalue weighted by Crippen LogP contribution is -2.08. The van der Waals surface area contributed by atoms with E-state index in [-0.39, 0.29) is 5.82 Å². The maximum Gasteiger partial charge on any atom is 0.136 e. The molecule has 1 saturated carbocycles. The molecule has 1 aromatic rings. The second-order valence-electron chi connectivity index (χ2n) is 4.04. The van der Waals surface area contributed by atoms with E-state index in [9.17, 15) is 4.39 Å². The molecule has 1 nitrogen and oxygen atoms in total. The van der Waals surface area contributed by atoms with E-state index >= 15 is 0 Å². The largest absolute Gasteiger partial charge is 0.492 e. The molecule has 0 amide bonds. The zero-order valence-corrected chi connectivity index (χ0v) is 10.1. The highest BCUT2D eigenvalue weighted by molar-refractivity contribution is 9.10. The van der Waals surface area contributed by atoms with Crippen LogP contribution in [0.4, 0.5) is 4.39 Å². The van der Waals surface area contributed by atoms with Gasteiger partial charge in [-0.3, -0.25) is 0 Å². The summed E-state index contributed by atoms with van der Waals surface area (Å²) < 4.78 is 19.4. The fraction of sp³-hybridized carbons (Fsp3) is 0.500. The molecule has 1 aliphatic rings. The van der Waals surface area contributed by atoms with Crippen molar-refractivity contribution in [3.63, 3.8) is 0 Å². The Balaban J connectivity index is 1.94. The van der Waals surface area contributed by atoms with Gasteiger partial charge in [0.15, 0.2) is 0 Å². The number of ether oxygens (including phenoxy) is 1. The SMILES string of the molecule is Fc1ccc(Br)c(OCC2CCCC2)c1. The molecule has 0 unspecified atom stereocenters. The average molecular weight is 273 g/mol. The molecule has 0 saturated heterocycles. The van der Waals surface area contributed by atoms with Crippen molar-refractivity contribution in [1.29, 1.82) is 0 Å². The van der Waals surface area contributed by atoms with Crippen LogP contribution in [0.5, 0.6) is 5.75 Å². The zero-order chi connectivity index (χ0) is 10.7. The van der Waals surface area contributed by atoms with E-state index in [1.807, 2.05) is 0 Å². The summed E-state index contributed by atoms with van der Waals surface area (Å²) in [5.74, 6) is 1.02. The third-order valence-electron chi connectivity index (χ3n) is 2.84. The lowest BCUT2D eigenvalue weighted by molar-refractivity contribution is 0.250. The monoisotopic (exact) mass is 272 g/mol. The Bertz CT molecular complexity index is 334. The van der Waals surface area contributed by atoms with E-state index in [1.165, 1.54) is 37.8 Å². The van der Waals surface area contributed by atoms with Crippen LogP contribution in [0.3, 0.4) is 0 Å². The summed E-state index contributed by atoms with van der Waals surface area (Å²) in [5.41, 5.74) is 0. The number of hydrogen-bond donors (Lipinski definition) is 0. The first-order valence-corrected chi connectivity index (χ1v) is 6.13. The summed E-state index contributed by atoms with van der Waals surface area (Å²) in [5, 5.41) is 0. The molecule has 0 heterocycles. The van der Waals surface area contributed by atoms with Crippen molar-refractivity contribution >= 4 is 15.9 Å². The van der Waals surface area contributed by atoms with Crippen LogP contribution in [0.15, 0.2) is 22.7 Å². The lowest BCUT2D eigenvalue weighted by atomic mass is 10.1. The third kappa shape index (κ3) is 2.94. The first-order valence-electron chi connectivity index (χ1n) is 5.33. The Morgan fingerprint density at radius 1 is 1.33 bits per heavy atom. The molecule has 82 valence electrons. The average Bonchev–Trinajstić information content (AvgIpc) is 2.72. The predicted octanol–water partition coefficient (Wildman–Crippen LogP) is 4.16. The molecule has 0 spiro atoms. The van der Waals surface area contributed by atoms with Gasteiger partial charge in [-0.05, 0) is 46.8 Å². The molecule has 3 heteroatoms. The van der Waals surface area contributed by atoms with Gasteiger partial charge in [0.2, 0.25) is 0 Å². The molecule has 0 atom stereocenters. The van der Waals surface area contributed by atoms with Crippen LogP contribution in [0.1, 0.15) is 25.7 Å². The highest BCUT2D eigenvalue weighted by atomic mass is 79.9. The van der Waals surface area contributed by atoms with E-state index in [1.54, 1.807) is 6.07 Å². The van der Waals surface area contributed by atoms with E-state index in [2.05, 4.69) is 15.9 Å². The summed E-state index contributed by atoms with van der Waals surface area (Å²) in [6.45, 7) is 0.710. The number of benzene rings is 1. The molecular weight excluding hydrogens is 259 g/mol. The molecule has 1 aromatic carbocycles.